The number of nitrogens with zero attached hydrogens (tertiary/aromatic N) is 1. The lowest BCUT2D eigenvalue weighted by Gasteiger charge is -2.10. The quantitative estimate of drug-likeness (QED) is 0.919. The predicted octanol–water partition coefficient (Wildman–Crippen LogP) is 3.26. The van der Waals surface area contributed by atoms with E-state index < -0.39 is 0 Å². The SMILES string of the molecule is COc1ccccc1OCC(=O)Nc1sc(C)c(C)c1C#N. The average Bonchev–Trinajstić information content (AvgIpc) is 2.79. The molecule has 1 heterocycles. The van der Waals surface area contributed by atoms with Crippen molar-refractivity contribution in [2.75, 3.05) is 19.0 Å². The van der Waals surface area contributed by atoms with Gasteiger partial charge in [-0.3, -0.25) is 4.79 Å². The summed E-state index contributed by atoms with van der Waals surface area (Å²) in [6.07, 6.45) is 0. The van der Waals surface area contributed by atoms with Gasteiger partial charge in [-0.05, 0) is 31.5 Å². The van der Waals surface area contributed by atoms with Crippen molar-refractivity contribution in [3.8, 4) is 17.6 Å². The van der Waals surface area contributed by atoms with E-state index in [1.807, 2.05) is 19.9 Å². The molecule has 1 aromatic carbocycles. The van der Waals surface area contributed by atoms with Crippen molar-refractivity contribution in [2.24, 2.45) is 0 Å². The molecule has 0 spiro atoms. The highest BCUT2D eigenvalue weighted by molar-refractivity contribution is 7.16. The third-order valence-corrected chi connectivity index (χ3v) is 4.30. The molecule has 1 amide bonds. The number of anilines is 1. The number of ether oxygens (including phenoxy) is 2. The summed E-state index contributed by atoms with van der Waals surface area (Å²) < 4.78 is 10.6. The monoisotopic (exact) mass is 316 g/mol. The van der Waals surface area contributed by atoms with Gasteiger partial charge in [0.15, 0.2) is 18.1 Å². The fraction of sp³-hybridized carbons (Fsp3) is 0.250. The predicted molar refractivity (Wildman–Crippen MR) is 85.6 cm³/mol. The summed E-state index contributed by atoms with van der Waals surface area (Å²) in [7, 11) is 1.54. The molecule has 114 valence electrons. The highest BCUT2D eigenvalue weighted by Gasteiger charge is 2.15. The molecule has 0 saturated carbocycles. The maximum atomic E-state index is 12.0. The van der Waals surface area contributed by atoms with Crippen LogP contribution in [0.4, 0.5) is 5.00 Å². The Morgan fingerprint density at radius 2 is 2.00 bits per heavy atom. The minimum Gasteiger partial charge on any atom is -0.493 e. The number of nitriles is 1. The van der Waals surface area contributed by atoms with Gasteiger partial charge in [-0.2, -0.15) is 5.26 Å². The van der Waals surface area contributed by atoms with Crippen LogP contribution in [0.2, 0.25) is 0 Å². The van der Waals surface area contributed by atoms with Gasteiger partial charge in [0, 0.05) is 4.88 Å². The molecule has 1 N–H and O–H groups in total. The van der Waals surface area contributed by atoms with Gasteiger partial charge in [0.05, 0.1) is 12.7 Å². The summed E-state index contributed by atoms with van der Waals surface area (Å²) >= 11 is 1.39. The molecule has 2 aromatic rings. The molecule has 0 saturated heterocycles. The number of benzene rings is 1. The maximum absolute atomic E-state index is 12.0. The number of hydrogen-bond acceptors (Lipinski definition) is 5. The summed E-state index contributed by atoms with van der Waals surface area (Å²) in [5.74, 6) is 0.749. The number of hydrogen-bond donors (Lipinski definition) is 1. The zero-order valence-electron chi connectivity index (χ0n) is 12.6. The number of carbonyl (C=O) groups excluding carboxylic acids is 1. The second-order valence-corrected chi connectivity index (χ2v) is 5.81. The smallest absolute Gasteiger partial charge is 0.262 e. The van der Waals surface area contributed by atoms with Crippen LogP contribution in [-0.4, -0.2) is 19.6 Å². The van der Waals surface area contributed by atoms with E-state index in [9.17, 15) is 4.79 Å². The van der Waals surface area contributed by atoms with Gasteiger partial charge in [-0.25, -0.2) is 0 Å². The Hall–Kier alpha value is -2.52. The van der Waals surface area contributed by atoms with E-state index in [1.54, 1.807) is 25.3 Å². The number of rotatable bonds is 5. The Morgan fingerprint density at radius 1 is 1.32 bits per heavy atom. The number of nitrogens with one attached hydrogen (secondary N) is 1. The van der Waals surface area contributed by atoms with Crippen molar-refractivity contribution in [1.29, 1.82) is 5.26 Å². The second-order valence-electron chi connectivity index (χ2n) is 4.59. The Morgan fingerprint density at radius 3 is 2.64 bits per heavy atom. The first-order valence-corrected chi connectivity index (χ1v) is 7.44. The third kappa shape index (κ3) is 3.38. The molecule has 6 heteroatoms. The molecule has 0 unspecified atom stereocenters. The molecule has 0 aliphatic carbocycles. The number of thiophene rings is 1. The Balaban J connectivity index is 2.02. The van der Waals surface area contributed by atoms with Gasteiger partial charge in [-0.1, -0.05) is 12.1 Å². The van der Waals surface area contributed by atoms with E-state index in [2.05, 4.69) is 11.4 Å². The highest BCUT2D eigenvalue weighted by Crippen LogP contribution is 2.31. The second kappa shape index (κ2) is 6.96. The van der Waals surface area contributed by atoms with Gasteiger partial charge >= 0.3 is 0 Å². The Labute approximate surface area is 133 Å². The van der Waals surface area contributed by atoms with Gasteiger partial charge in [-0.15, -0.1) is 11.3 Å². The number of para-hydroxylation sites is 2. The molecule has 0 aliphatic heterocycles. The van der Waals surface area contributed by atoms with Gasteiger partial charge in [0.2, 0.25) is 0 Å². The zero-order chi connectivity index (χ0) is 16.1. The first-order valence-electron chi connectivity index (χ1n) is 6.62. The van der Waals surface area contributed by atoms with Crippen molar-refractivity contribution in [1.82, 2.24) is 0 Å². The van der Waals surface area contributed by atoms with Crippen LogP contribution in [0, 0.1) is 25.2 Å². The standard InChI is InChI=1S/C16H16N2O3S/c1-10-11(2)22-16(12(10)8-17)18-15(19)9-21-14-7-5-4-6-13(14)20-3/h4-7H,9H2,1-3H3,(H,18,19). The molecule has 0 atom stereocenters. The van der Waals surface area contributed by atoms with E-state index in [-0.39, 0.29) is 12.5 Å². The molecule has 0 aliphatic rings. The van der Waals surface area contributed by atoms with E-state index in [4.69, 9.17) is 14.7 Å². The summed E-state index contributed by atoms with van der Waals surface area (Å²) in [6, 6.07) is 9.23. The Kier molecular flexibility index (Phi) is 5.02. The molecule has 5 nitrogen and oxygen atoms in total. The van der Waals surface area contributed by atoms with E-state index in [0.717, 1.165) is 10.4 Å². The molecule has 0 fully saturated rings. The van der Waals surface area contributed by atoms with Crippen molar-refractivity contribution in [3.05, 3.63) is 40.3 Å². The first-order chi connectivity index (χ1) is 10.6. The number of amides is 1. The summed E-state index contributed by atoms with van der Waals surface area (Å²) in [4.78, 5) is 13.0. The normalized spacial score (nSPS) is 9.91. The summed E-state index contributed by atoms with van der Waals surface area (Å²) in [5, 5.41) is 12.4. The van der Waals surface area contributed by atoms with E-state index in [1.165, 1.54) is 11.3 Å². The van der Waals surface area contributed by atoms with E-state index >= 15 is 0 Å². The number of methoxy groups -OCH3 is 1. The Bertz CT molecular complexity index is 731. The van der Waals surface area contributed by atoms with Crippen molar-refractivity contribution < 1.29 is 14.3 Å². The molecular weight excluding hydrogens is 300 g/mol. The number of carbonyl (C=O) groups is 1. The topological polar surface area (TPSA) is 71.3 Å². The van der Waals surface area contributed by atoms with Crippen molar-refractivity contribution >= 4 is 22.2 Å². The molecular formula is C16H16N2O3S. The molecule has 0 bridgehead atoms. The van der Waals surface area contributed by atoms with Crippen LogP contribution in [0.15, 0.2) is 24.3 Å². The van der Waals surface area contributed by atoms with Gasteiger partial charge < -0.3 is 14.8 Å². The maximum Gasteiger partial charge on any atom is 0.262 e. The lowest BCUT2D eigenvalue weighted by Crippen LogP contribution is -2.20. The average molecular weight is 316 g/mol. The fourth-order valence-corrected chi connectivity index (χ4v) is 2.92. The van der Waals surface area contributed by atoms with Gasteiger partial charge in [0.25, 0.3) is 5.91 Å². The first kappa shape index (κ1) is 15.9. The lowest BCUT2D eigenvalue weighted by atomic mass is 10.2. The fourth-order valence-electron chi connectivity index (χ4n) is 1.89. The summed E-state index contributed by atoms with van der Waals surface area (Å²) in [6.45, 7) is 3.63. The van der Waals surface area contributed by atoms with Crippen LogP contribution >= 0.6 is 11.3 Å². The number of aryl methyl sites for hydroxylation is 1. The van der Waals surface area contributed by atoms with Crippen LogP contribution < -0.4 is 14.8 Å². The summed E-state index contributed by atoms with van der Waals surface area (Å²) in [5.41, 5.74) is 1.40. The lowest BCUT2D eigenvalue weighted by molar-refractivity contribution is -0.118. The van der Waals surface area contributed by atoms with Crippen molar-refractivity contribution in [2.45, 2.75) is 13.8 Å². The molecule has 2 rings (SSSR count). The minimum absolute atomic E-state index is 0.152. The van der Waals surface area contributed by atoms with Crippen LogP contribution in [0.5, 0.6) is 11.5 Å². The van der Waals surface area contributed by atoms with Crippen LogP contribution in [0.3, 0.4) is 0 Å². The zero-order valence-corrected chi connectivity index (χ0v) is 13.4. The van der Waals surface area contributed by atoms with Crippen LogP contribution in [0.1, 0.15) is 16.0 Å². The van der Waals surface area contributed by atoms with Gasteiger partial charge in [0.1, 0.15) is 11.1 Å². The largest absolute Gasteiger partial charge is 0.493 e. The van der Waals surface area contributed by atoms with E-state index in [0.29, 0.717) is 22.1 Å². The molecule has 1 aromatic heterocycles. The highest BCUT2D eigenvalue weighted by atomic mass is 32.1. The van der Waals surface area contributed by atoms with Crippen LogP contribution in [0.25, 0.3) is 0 Å². The third-order valence-electron chi connectivity index (χ3n) is 3.18. The van der Waals surface area contributed by atoms with Crippen molar-refractivity contribution in [3.63, 3.8) is 0 Å². The minimum atomic E-state index is -0.316. The molecule has 22 heavy (non-hydrogen) atoms. The molecule has 0 radical (unpaired) electrons. The van der Waals surface area contributed by atoms with Crippen LogP contribution in [-0.2, 0) is 4.79 Å².